The summed E-state index contributed by atoms with van der Waals surface area (Å²) in [4.78, 5) is 17.0. The molecule has 0 saturated heterocycles. The van der Waals surface area contributed by atoms with Crippen molar-refractivity contribution in [1.82, 2.24) is 5.32 Å². The van der Waals surface area contributed by atoms with E-state index in [9.17, 15) is 14.3 Å². The summed E-state index contributed by atoms with van der Waals surface area (Å²) in [7, 11) is 0. The smallest absolute Gasteiger partial charge is 0.257 e. The number of fused-ring (bicyclic) bond motifs is 1. The zero-order valence-corrected chi connectivity index (χ0v) is 15.5. The fourth-order valence-corrected chi connectivity index (χ4v) is 2.84. The molecule has 4 aromatic rings. The molecule has 7 heteroatoms. The molecule has 0 atom stereocenters. The minimum absolute atomic E-state index is 0.00346. The van der Waals surface area contributed by atoms with E-state index in [0.29, 0.717) is 16.7 Å². The Kier molecular flexibility index (Phi) is 4.87. The van der Waals surface area contributed by atoms with E-state index in [1.807, 2.05) is 0 Å². The quantitative estimate of drug-likeness (QED) is 0.541. The van der Waals surface area contributed by atoms with Crippen molar-refractivity contribution in [2.45, 2.75) is 13.5 Å². The van der Waals surface area contributed by atoms with E-state index in [4.69, 9.17) is 8.83 Å². The van der Waals surface area contributed by atoms with E-state index in [0.717, 1.165) is 5.56 Å². The number of carbonyl (C=O) groups is 1. The van der Waals surface area contributed by atoms with Gasteiger partial charge in [-0.05, 0) is 55.0 Å². The Labute approximate surface area is 164 Å². The van der Waals surface area contributed by atoms with Gasteiger partial charge in [0.25, 0.3) is 5.91 Å². The second kappa shape index (κ2) is 7.63. The Morgan fingerprint density at radius 2 is 2.03 bits per heavy atom. The highest BCUT2D eigenvalue weighted by Crippen LogP contribution is 2.21. The third-order valence-corrected chi connectivity index (χ3v) is 4.31. The van der Waals surface area contributed by atoms with Gasteiger partial charge in [-0.2, -0.15) is 0 Å². The number of nitrogens with zero attached hydrogens (tertiary/aromatic N) is 1. The summed E-state index contributed by atoms with van der Waals surface area (Å²) >= 11 is 0. The first kappa shape index (κ1) is 18.5. The fourth-order valence-electron chi connectivity index (χ4n) is 2.84. The predicted molar refractivity (Wildman–Crippen MR) is 104 cm³/mol. The topological polar surface area (TPSA) is 88.0 Å². The van der Waals surface area contributed by atoms with Crippen LogP contribution in [0.5, 0.6) is 5.75 Å². The van der Waals surface area contributed by atoms with Crippen LogP contribution in [0.2, 0.25) is 0 Å². The van der Waals surface area contributed by atoms with E-state index < -0.39 is 11.7 Å². The molecule has 2 N–H and O–H groups in total. The SMILES string of the molecule is Cc1ccc(N=c2oc3cc(O)ccc3cc2C(=O)NCc2ccco2)c(F)c1. The van der Waals surface area contributed by atoms with E-state index in [1.54, 1.807) is 37.3 Å². The number of benzene rings is 2. The molecular weight excluding hydrogens is 375 g/mol. The normalized spacial score (nSPS) is 11.7. The Hall–Kier alpha value is -3.87. The first-order chi connectivity index (χ1) is 14.0. The number of aromatic hydroxyl groups is 1. The summed E-state index contributed by atoms with van der Waals surface area (Å²) in [6.07, 6.45) is 1.51. The monoisotopic (exact) mass is 392 g/mol. The number of furan rings is 1. The van der Waals surface area contributed by atoms with Crippen molar-refractivity contribution in [3.63, 3.8) is 0 Å². The molecule has 0 saturated carbocycles. The maximum absolute atomic E-state index is 14.3. The molecule has 0 spiro atoms. The molecule has 2 aromatic heterocycles. The van der Waals surface area contributed by atoms with Gasteiger partial charge in [0.15, 0.2) is 0 Å². The van der Waals surface area contributed by atoms with Crippen molar-refractivity contribution in [2.24, 2.45) is 4.99 Å². The van der Waals surface area contributed by atoms with Crippen molar-refractivity contribution >= 4 is 22.6 Å². The zero-order chi connectivity index (χ0) is 20.4. The van der Waals surface area contributed by atoms with Crippen LogP contribution < -0.4 is 10.9 Å². The first-order valence-electron chi connectivity index (χ1n) is 8.88. The largest absolute Gasteiger partial charge is 0.508 e. The van der Waals surface area contributed by atoms with E-state index >= 15 is 0 Å². The molecule has 1 amide bonds. The van der Waals surface area contributed by atoms with Crippen molar-refractivity contribution in [1.29, 1.82) is 0 Å². The number of hydrogen-bond donors (Lipinski definition) is 2. The summed E-state index contributed by atoms with van der Waals surface area (Å²) in [5.74, 6) is -0.391. The van der Waals surface area contributed by atoms with Gasteiger partial charge in [0.05, 0.1) is 12.8 Å². The number of halogens is 1. The Morgan fingerprint density at radius 3 is 2.79 bits per heavy atom. The molecule has 4 rings (SSSR count). The highest BCUT2D eigenvalue weighted by Gasteiger charge is 2.14. The molecule has 0 aliphatic carbocycles. The van der Waals surface area contributed by atoms with Crippen LogP contribution in [0.1, 0.15) is 21.7 Å². The van der Waals surface area contributed by atoms with Crippen LogP contribution in [-0.2, 0) is 6.54 Å². The average molecular weight is 392 g/mol. The molecule has 2 heterocycles. The summed E-state index contributed by atoms with van der Waals surface area (Å²) in [5.41, 5.74) is 1.17. The summed E-state index contributed by atoms with van der Waals surface area (Å²) in [6, 6.07) is 14.1. The molecule has 0 radical (unpaired) electrons. The van der Waals surface area contributed by atoms with Gasteiger partial charge in [-0.25, -0.2) is 9.38 Å². The van der Waals surface area contributed by atoms with Crippen LogP contribution in [0.4, 0.5) is 10.1 Å². The van der Waals surface area contributed by atoms with Gasteiger partial charge in [-0.15, -0.1) is 0 Å². The van der Waals surface area contributed by atoms with Crippen LogP contribution in [0, 0.1) is 12.7 Å². The molecule has 0 aliphatic rings. The van der Waals surface area contributed by atoms with Gasteiger partial charge in [0.1, 0.15) is 34.2 Å². The van der Waals surface area contributed by atoms with Gasteiger partial charge < -0.3 is 19.3 Å². The fraction of sp³-hybridized carbons (Fsp3) is 0.0909. The lowest BCUT2D eigenvalue weighted by atomic mass is 10.1. The molecule has 0 fully saturated rings. The van der Waals surface area contributed by atoms with Crippen LogP contribution in [0.25, 0.3) is 11.0 Å². The second-order valence-corrected chi connectivity index (χ2v) is 6.52. The highest BCUT2D eigenvalue weighted by molar-refractivity contribution is 5.96. The lowest BCUT2D eigenvalue weighted by Gasteiger charge is -2.07. The number of phenolic OH excluding ortho intramolecular Hbond substituents is 1. The molecule has 29 heavy (non-hydrogen) atoms. The number of carbonyl (C=O) groups excluding carboxylic acids is 1. The predicted octanol–water partition coefficient (Wildman–Crippen LogP) is 4.34. The van der Waals surface area contributed by atoms with Crippen LogP contribution in [0.15, 0.2) is 74.7 Å². The minimum Gasteiger partial charge on any atom is -0.508 e. The number of amides is 1. The summed E-state index contributed by atoms with van der Waals surface area (Å²) in [6.45, 7) is 1.95. The molecular formula is C22H17FN2O4. The lowest BCUT2D eigenvalue weighted by Crippen LogP contribution is -2.28. The van der Waals surface area contributed by atoms with E-state index in [1.165, 1.54) is 30.5 Å². The molecule has 146 valence electrons. The first-order valence-corrected chi connectivity index (χ1v) is 8.88. The van der Waals surface area contributed by atoms with Crippen molar-refractivity contribution in [2.75, 3.05) is 0 Å². The van der Waals surface area contributed by atoms with Gasteiger partial charge in [-0.3, -0.25) is 4.79 Å². The second-order valence-electron chi connectivity index (χ2n) is 6.52. The van der Waals surface area contributed by atoms with Crippen molar-refractivity contribution in [3.8, 4) is 5.75 Å². The van der Waals surface area contributed by atoms with Crippen LogP contribution >= 0.6 is 0 Å². The standard InChI is InChI=1S/C22H17FN2O4/c1-13-4-7-19(18(23)9-13)25-22-17(21(27)24-12-16-3-2-8-28-16)10-14-5-6-15(26)11-20(14)29-22/h2-11,26H,12H2,1H3,(H,24,27). The van der Waals surface area contributed by atoms with Gasteiger partial charge in [-0.1, -0.05) is 6.07 Å². The number of phenols is 1. The Bertz CT molecular complexity index is 1260. The third-order valence-electron chi connectivity index (χ3n) is 4.31. The van der Waals surface area contributed by atoms with Gasteiger partial charge in [0, 0.05) is 11.5 Å². The molecule has 0 bridgehead atoms. The lowest BCUT2D eigenvalue weighted by molar-refractivity contribution is 0.0944. The minimum atomic E-state index is -0.529. The molecule has 2 aromatic carbocycles. The van der Waals surface area contributed by atoms with Gasteiger partial charge >= 0.3 is 0 Å². The highest BCUT2D eigenvalue weighted by atomic mass is 19.1. The number of hydrogen-bond acceptors (Lipinski definition) is 5. The number of rotatable bonds is 4. The third kappa shape index (κ3) is 4.03. The van der Waals surface area contributed by atoms with Crippen molar-refractivity contribution < 1.29 is 23.1 Å². The Balaban J connectivity index is 1.82. The van der Waals surface area contributed by atoms with E-state index in [2.05, 4.69) is 10.3 Å². The maximum Gasteiger partial charge on any atom is 0.257 e. The average Bonchev–Trinajstić information content (AvgIpc) is 3.21. The van der Waals surface area contributed by atoms with E-state index in [-0.39, 0.29) is 29.1 Å². The number of nitrogens with one attached hydrogen (secondary N) is 1. The molecule has 0 aliphatic heterocycles. The van der Waals surface area contributed by atoms with Gasteiger partial charge in [0.2, 0.25) is 5.55 Å². The van der Waals surface area contributed by atoms with Crippen molar-refractivity contribution in [3.05, 3.63) is 89.1 Å². The summed E-state index contributed by atoms with van der Waals surface area (Å²) in [5, 5.41) is 13.0. The zero-order valence-electron chi connectivity index (χ0n) is 15.5. The summed E-state index contributed by atoms with van der Waals surface area (Å²) < 4.78 is 25.3. The maximum atomic E-state index is 14.3. The van der Waals surface area contributed by atoms with Crippen LogP contribution in [0.3, 0.4) is 0 Å². The molecule has 6 nitrogen and oxygen atoms in total. The molecule has 0 unspecified atom stereocenters. The van der Waals surface area contributed by atoms with Crippen LogP contribution in [-0.4, -0.2) is 11.0 Å². The number of aryl methyl sites for hydroxylation is 1. The Morgan fingerprint density at radius 1 is 1.17 bits per heavy atom.